The second kappa shape index (κ2) is 6.59. The molecule has 0 saturated carbocycles. The van der Waals surface area contributed by atoms with Gasteiger partial charge in [-0.05, 0) is 25.2 Å². The highest BCUT2D eigenvalue weighted by Gasteiger charge is 2.25. The zero-order chi connectivity index (χ0) is 12.8. The number of carboxylic acid groups (broad SMARTS) is 1. The number of hydrogen-bond acceptors (Lipinski definition) is 3. The first-order chi connectivity index (χ1) is 8.00. The molecule has 1 rings (SSSR count). The molecular formula is C12H21NO4. The third-order valence-corrected chi connectivity index (χ3v) is 2.85. The van der Waals surface area contributed by atoms with Crippen LogP contribution in [0.25, 0.3) is 0 Å². The first-order valence-corrected chi connectivity index (χ1v) is 6.12. The maximum atomic E-state index is 11.6. The molecular weight excluding hydrogens is 222 g/mol. The molecule has 1 amide bonds. The van der Waals surface area contributed by atoms with E-state index in [-0.39, 0.29) is 18.6 Å². The summed E-state index contributed by atoms with van der Waals surface area (Å²) >= 11 is 0. The van der Waals surface area contributed by atoms with Gasteiger partial charge in [-0.2, -0.15) is 0 Å². The quantitative estimate of drug-likeness (QED) is 0.730. The lowest BCUT2D eigenvalue weighted by Crippen LogP contribution is -2.39. The molecule has 2 unspecified atom stereocenters. The van der Waals surface area contributed by atoms with Crippen molar-refractivity contribution in [3.05, 3.63) is 0 Å². The molecule has 0 aromatic heterocycles. The van der Waals surface area contributed by atoms with Crippen LogP contribution in [0, 0.1) is 11.8 Å². The van der Waals surface area contributed by atoms with Crippen LogP contribution in [-0.2, 0) is 14.3 Å². The largest absolute Gasteiger partial charge is 0.481 e. The Morgan fingerprint density at radius 2 is 2.18 bits per heavy atom. The Balaban J connectivity index is 2.35. The standard InChI is InChI=1S/C12H21NO4/c1-8(2)6-9(12(15)16)7-13-11(14)10-4-3-5-17-10/h8-10H,3-7H2,1-2H3,(H,13,14)(H,15,16). The number of carbonyl (C=O) groups excluding carboxylic acids is 1. The summed E-state index contributed by atoms with van der Waals surface area (Å²) in [5, 5.41) is 11.7. The average molecular weight is 243 g/mol. The Kier molecular flexibility index (Phi) is 5.41. The van der Waals surface area contributed by atoms with Crippen LogP contribution in [0.1, 0.15) is 33.1 Å². The Bertz CT molecular complexity index is 272. The van der Waals surface area contributed by atoms with Crippen LogP contribution >= 0.6 is 0 Å². The van der Waals surface area contributed by atoms with Gasteiger partial charge in [0.2, 0.25) is 5.91 Å². The third kappa shape index (κ3) is 4.73. The van der Waals surface area contributed by atoms with E-state index < -0.39 is 11.9 Å². The highest BCUT2D eigenvalue weighted by Crippen LogP contribution is 2.14. The van der Waals surface area contributed by atoms with Crippen LogP contribution in [-0.4, -0.2) is 36.2 Å². The van der Waals surface area contributed by atoms with Crippen LogP contribution in [0.5, 0.6) is 0 Å². The SMILES string of the molecule is CC(C)CC(CNC(=O)C1CCCO1)C(=O)O. The fraction of sp³-hybridized carbons (Fsp3) is 0.833. The summed E-state index contributed by atoms with van der Waals surface area (Å²) in [5.41, 5.74) is 0. The van der Waals surface area contributed by atoms with E-state index in [1.807, 2.05) is 13.8 Å². The fourth-order valence-corrected chi connectivity index (χ4v) is 1.96. The minimum Gasteiger partial charge on any atom is -0.481 e. The van der Waals surface area contributed by atoms with E-state index in [9.17, 15) is 9.59 Å². The first-order valence-electron chi connectivity index (χ1n) is 6.12. The number of ether oxygens (including phenoxy) is 1. The number of amides is 1. The molecule has 0 aromatic carbocycles. The number of aliphatic carboxylic acids is 1. The maximum Gasteiger partial charge on any atom is 0.308 e. The van der Waals surface area contributed by atoms with E-state index in [4.69, 9.17) is 9.84 Å². The Morgan fingerprint density at radius 3 is 2.65 bits per heavy atom. The third-order valence-electron chi connectivity index (χ3n) is 2.85. The van der Waals surface area contributed by atoms with E-state index in [1.54, 1.807) is 0 Å². The molecule has 0 bridgehead atoms. The van der Waals surface area contributed by atoms with Crippen LogP contribution in [0.3, 0.4) is 0 Å². The van der Waals surface area contributed by atoms with Gasteiger partial charge in [0.1, 0.15) is 6.10 Å². The summed E-state index contributed by atoms with van der Waals surface area (Å²) in [6.45, 7) is 4.74. The van der Waals surface area contributed by atoms with Gasteiger partial charge in [0.15, 0.2) is 0 Å². The molecule has 1 saturated heterocycles. The van der Waals surface area contributed by atoms with Crippen LogP contribution in [0.15, 0.2) is 0 Å². The average Bonchev–Trinajstić information content (AvgIpc) is 2.76. The number of carbonyl (C=O) groups is 2. The lowest BCUT2D eigenvalue weighted by atomic mass is 9.97. The second-order valence-corrected chi connectivity index (χ2v) is 4.91. The molecule has 5 heteroatoms. The zero-order valence-electron chi connectivity index (χ0n) is 10.4. The van der Waals surface area contributed by atoms with Crippen molar-refractivity contribution in [3.63, 3.8) is 0 Å². The van der Waals surface area contributed by atoms with Crippen molar-refractivity contribution in [1.29, 1.82) is 0 Å². The predicted molar refractivity (Wildman–Crippen MR) is 62.6 cm³/mol. The summed E-state index contributed by atoms with van der Waals surface area (Å²) < 4.78 is 5.23. The first kappa shape index (κ1) is 14.0. The molecule has 98 valence electrons. The van der Waals surface area contributed by atoms with Gasteiger partial charge >= 0.3 is 5.97 Å². The minimum absolute atomic E-state index is 0.183. The van der Waals surface area contributed by atoms with Crippen molar-refractivity contribution in [1.82, 2.24) is 5.32 Å². The minimum atomic E-state index is -0.855. The number of rotatable bonds is 6. The van der Waals surface area contributed by atoms with Crippen molar-refractivity contribution in [3.8, 4) is 0 Å². The zero-order valence-corrected chi connectivity index (χ0v) is 10.4. The Morgan fingerprint density at radius 1 is 1.47 bits per heavy atom. The molecule has 0 aromatic rings. The lowest BCUT2D eigenvalue weighted by Gasteiger charge is -2.16. The van der Waals surface area contributed by atoms with Gasteiger partial charge in [-0.15, -0.1) is 0 Å². The molecule has 0 aliphatic carbocycles. The summed E-state index contributed by atoms with van der Waals surface area (Å²) in [6, 6.07) is 0. The topological polar surface area (TPSA) is 75.6 Å². The van der Waals surface area contributed by atoms with Gasteiger partial charge in [-0.1, -0.05) is 13.8 Å². The number of nitrogens with one attached hydrogen (secondary N) is 1. The van der Waals surface area contributed by atoms with Crippen molar-refractivity contribution in [2.24, 2.45) is 11.8 Å². The smallest absolute Gasteiger partial charge is 0.308 e. The molecule has 5 nitrogen and oxygen atoms in total. The van der Waals surface area contributed by atoms with Gasteiger partial charge in [-0.25, -0.2) is 0 Å². The highest BCUT2D eigenvalue weighted by molar-refractivity contribution is 5.81. The summed E-state index contributed by atoms with van der Waals surface area (Å²) in [7, 11) is 0. The van der Waals surface area contributed by atoms with E-state index >= 15 is 0 Å². The van der Waals surface area contributed by atoms with Gasteiger partial charge in [0.05, 0.1) is 5.92 Å². The monoisotopic (exact) mass is 243 g/mol. The molecule has 1 heterocycles. The van der Waals surface area contributed by atoms with Crippen molar-refractivity contribution in [2.75, 3.05) is 13.2 Å². The summed E-state index contributed by atoms with van der Waals surface area (Å²) in [6.07, 6.45) is 1.81. The van der Waals surface area contributed by atoms with E-state index in [0.29, 0.717) is 18.9 Å². The van der Waals surface area contributed by atoms with Crippen molar-refractivity contribution in [2.45, 2.75) is 39.2 Å². The maximum absolute atomic E-state index is 11.6. The van der Waals surface area contributed by atoms with Gasteiger partial charge < -0.3 is 15.2 Å². The van der Waals surface area contributed by atoms with E-state index in [2.05, 4.69) is 5.32 Å². The molecule has 2 N–H and O–H groups in total. The molecule has 0 spiro atoms. The molecule has 1 aliphatic rings. The van der Waals surface area contributed by atoms with Crippen LogP contribution in [0.2, 0.25) is 0 Å². The van der Waals surface area contributed by atoms with Gasteiger partial charge in [0, 0.05) is 13.2 Å². The molecule has 1 fully saturated rings. The Labute approximate surface area is 102 Å². The highest BCUT2D eigenvalue weighted by atomic mass is 16.5. The molecule has 1 aliphatic heterocycles. The Hall–Kier alpha value is -1.10. The van der Waals surface area contributed by atoms with Crippen molar-refractivity contribution >= 4 is 11.9 Å². The van der Waals surface area contributed by atoms with E-state index in [1.165, 1.54) is 0 Å². The predicted octanol–water partition coefficient (Wildman–Crippen LogP) is 1.03. The molecule has 17 heavy (non-hydrogen) atoms. The number of hydrogen-bond donors (Lipinski definition) is 2. The summed E-state index contributed by atoms with van der Waals surface area (Å²) in [5.74, 6) is -1.25. The number of carboxylic acids is 1. The molecule has 0 radical (unpaired) electrons. The van der Waals surface area contributed by atoms with E-state index in [0.717, 1.165) is 12.8 Å². The van der Waals surface area contributed by atoms with Crippen LogP contribution < -0.4 is 5.32 Å². The fourth-order valence-electron chi connectivity index (χ4n) is 1.96. The van der Waals surface area contributed by atoms with Crippen molar-refractivity contribution < 1.29 is 19.4 Å². The molecule has 2 atom stereocenters. The summed E-state index contributed by atoms with van der Waals surface area (Å²) in [4.78, 5) is 22.6. The lowest BCUT2D eigenvalue weighted by molar-refractivity contribution is -0.142. The normalized spacial score (nSPS) is 21.5. The van der Waals surface area contributed by atoms with Crippen LogP contribution in [0.4, 0.5) is 0 Å². The van der Waals surface area contributed by atoms with Gasteiger partial charge in [-0.3, -0.25) is 9.59 Å². The second-order valence-electron chi connectivity index (χ2n) is 4.91. The van der Waals surface area contributed by atoms with Gasteiger partial charge in [0.25, 0.3) is 0 Å².